The maximum Gasteiger partial charge on any atom is 0.269 e. The number of alkyl halides is 3. The van der Waals surface area contributed by atoms with Crippen LogP contribution in [-0.4, -0.2) is 29.5 Å². The van der Waals surface area contributed by atoms with Crippen LogP contribution < -0.4 is 0 Å². The van der Waals surface area contributed by atoms with E-state index in [1.54, 1.807) is 0 Å². The minimum Gasteiger partial charge on any atom is -0.426 e. The summed E-state index contributed by atoms with van der Waals surface area (Å²) in [6, 6.07) is 0. The first kappa shape index (κ1) is 11.0. The Labute approximate surface area is 66.9 Å². The molecule has 68 valence electrons. The van der Waals surface area contributed by atoms with E-state index in [0.29, 0.717) is 0 Å². The topological polar surface area (TPSA) is 9.23 Å². The lowest BCUT2D eigenvalue weighted by atomic mass is 10.1. The quantitative estimate of drug-likeness (QED) is 0.605. The molecule has 0 rings (SSSR count). The summed E-state index contributed by atoms with van der Waals surface area (Å²) in [4.78, 5) is 0. The molecule has 0 saturated heterocycles. The molecule has 0 radical (unpaired) electrons. The van der Waals surface area contributed by atoms with Crippen LogP contribution in [0.4, 0.5) is 13.2 Å². The fourth-order valence-electron chi connectivity index (χ4n) is 0.793. The third kappa shape index (κ3) is 3.24. The molecule has 0 amide bonds. The van der Waals surface area contributed by atoms with Gasteiger partial charge in [0.2, 0.25) is 0 Å². The smallest absolute Gasteiger partial charge is 0.269 e. The Hall–Kier alpha value is -0.0331. The molecular formula is C6H13F3OSi. The first-order valence-electron chi connectivity index (χ1n) is 3.33. The molecule has 0 heterocycles. The first-order valence-corrected chi connectivity index (χ1v) is 4.61. The van der Waals surface area contributed by atoms with Gasteiger partial charge in [-0.25, -0.2) is 13.2 Å². The number of hydrogen-bond donors (Lipinski definition) is 0. The van der Waals surface area contributed by atoms with Crippen molar-refractivity contribution in [3.8, 4) is 0 Å². The number of halogens is 3. The molecule has 0 bridgehead atoms. The van der Waals surface area contributed by atoms with E-state index in [4.69, 9.17) is 4.43 Å². The average molecular weight is 186 g/mol. The van der Waals surface area contributed by atoms with Gasteiger partial charge < -0.3 is 4.43 Å². The Kier molecular flexibility index (Phi) is 4.10. The second kappa shape index (κ2) is 4.11. The fourth-order valence-corrected chi connectivity index (χ4v) is 1.87. The largest absolute Gasteiger partial charge is 0.426 e. The number of rotatable bonds is 4. The van der Waals surface area contributed by atoms with Gasteiger partial charge in [0.05, 0.1) is 0 Å². The van der Waals surface area contributed by atoms with Crippen LogP contribution in [0.1, 0.15) is 13.8 Å². The first-order chi connectivity index (χ1) is 4.91. The van der Waals surface area contributed by atoms with Crippen LogP contribution in [0.5, 0.6) is 0 Å². The highest BCUT2D eigenvalue weighted by molar-refractivity contribution is 6.32. The molecule has 1 atom stereocenters. The molecule has 0 aromatic rings. The van der Waals surface area contributed by atoms with Crippen molar-refractivity contribution in [2.45, 2.75) is 31.5 Å². The van der Waals surface area contributed by atoms with E-state index in [9.17, 15) is 13.2 Å². The summed E-state index contributed by atoms with van der Waals surface area (Å²) < 4.78 is 41.1. The maximum atomic E-state index is 12.7. The van der Waals surface area contributed by atoms with Crippen LogP contribution in [0.25, 0.3) is 0 Å². The highest BCUT2D eigenvalue weighted by Crippen LogP contribution is 2.33. The third-order valence-corrected chi connectivity index (χ3v) is 2.91. The molecule has 1 unspecified atom stereocenters. The zero-order valence-corrected chi connectivity index (χ0v) is 8.32. The van der Waals surface area contributed by atoms with E-state index in [2.05, 4.69) is 0 Å². The zero-order valence-electron chi connectivity index (χ0n) is 6.90. The minimum absolute atomic E-state index is 0.969. The van der Waals surface area contributed by atoms with Gasteiger partial charge in [0.1, 0.15) is 0 Å². The van der Waals surface area contributed by atoms with E-state index in [1.165, 1.54) is 21.0 Å². The summed E-state index contributed by atoms with van der Waals surface area (Å²) in [5, 5.41) is -0.969. The van der Waals surface area contributed by atoms with Crippen LogP contribution >= 0.6 is 0 Å². The molecule has 0 aromatic carbocycles. The SMILES string of the molecule is CO[SiH2]C(C)(C)C(F)C(F)F. The summed E-state index contributed by atoms with van der Waals surface area (Å²) in [5.74, 6) is 0. The molecule has 11 heavy (non-hydrogen) atoms. The lowest BCUT2D eigenvalue weighted by molar-refractivity contribution is 0.0267. The molecule has 0 aliphatic carbocycles. The molecule has 0 saturated carbocycles. The van der Waals surface area contributed by atoms with Gasteiger partial charge in [-0.2, -0.15) is 0 Å². The highest BCUT2D eigenvalue weighted by atomic mass is 28.2. The van der Waals surface area contributed by atoms with Crippen molar-refractivity contribution in [3.05, 3.63) is 0 Å². The van der Waals surface area contributed by atoms with E-state index < -0.39 is 27.4 Å². The summed E-state index contributed by atoms with van der Waals surface area (Å²) >= 11 is 0. The van der Waals surface area contributed by atoms with Crippen molar-refractivity contribution in [3.63, 3.8) is 0 Å². The van der Waals surface area contributed by atoms with Crippen LogP contribution in [-0.2, 0) is 4.43 Å². The molecular weight excluding hydrogens is 173 g/mol. The van der Waals surface area contributed by atoms with E-state index >= 15 is 0 Å². The molecule has 0 aromatic heterocycles. The standard InChI is InChI=1S/C6H13F3OSi/c1-6(2,11-10-3)4(7)5(8)9/h4-5H,11H2,1-3H3. The Morgan fingerprint density at radius 1 is 1.27 bits per heavy atom. The Morgan fingerprint density at radius 3 is 2.00 bits per heavy atom. The zero-order chi connectivity index (χ0) is 9.07. The summed E-state index contributed by atoms with van der Waals surface area (Å²) in [6.07, 6.45) is -4.96. The van der Waals surface area contributed by atoms with Crippen LogP contribution in [0, 0.1) is 0 Å². The van der Waals surface area contributed by atoms with Crippen molar-refractivity contribution >= 4 is 9.76 Å². The molecule has 5 heteroatoms. The van der Waals surface area contributed by atoms with Gasteiger partial charge in [-0.15, -0.1) is 0 Å². The van der Waals surface area contributed by atoms with Crippen molar-refractivity contribution in [2.75, 3.05) is 7.11 Å². The Morgan fingerprint density at radius 2 is 1.73 bits per heavy atom. The second-order valence-corrected chi connectivity index (χ2v) is 5.85. The predicted octanol–water partition coefficient (Wildman–Crippen LogP) is 1.52. The lowest BCUT2D eigenvalue weighted by Gasteiger charge is -2.26. The lowest BCUT2D eigenvalue weighted by Crippen LogP contribution is -2.31. The van der Waals surface area contributed by atoms with Gasteiger partial charge in [0.25, 0.3) is 6.43 Å². The van der Waals surface area contributed by atoms with E-state index in [0.717, 1.165) is 0 Å². The van der Waals surface area contributed by atoms with Crippen molar-refractivity contribution in [1.29, 1.82) is 0 Å². The van der Waals surface area contributed by atoms with Crippen molar-refractivity contribution in [1.82, 2.24) is 0 Å². The molecule has 1 nitrogen and oxygen atoms in total. The van der Waals surface area contributed by atoms with Crippen molar-refractivity contribution in [2.24, 2.45) is 0 Å². The molecule has 0 aliphatic heterocycles. The average Bonchev–Trinajstić information content (AvgIpc) is 1.86. The summed E-state index contributed by atoms with van der Waals surface area (Å²) in [6.45, 7) is 2.94. The van der Waals surface area contributed by atoms with Crippen LogP contribution in [0.15, 0.2) is 0 Å². The van der Waals surface area contributed by atoms with Gasteiger partial charge in [0, 0.05) is 12.1 Å². The minimum atomic E-state index is -2.90. The fraction of sp³-hybridized carbons (Fsp3) is 1.00. The van der Waals surface area contributed by atoms with Gasteiger partial charge in [-0.3, -0.25) is 0 Å². The highest BCUT2D eigenvalue weighted by Gasteiger charge is 2.37. The van der Waals surface area contributed by atoms with Gasteiger partial charge in [-0.1, -0.05) is 13.8 Å². The second-order valence-electron chi connectivity index (χ2n) is 3.16. The third-order valence-electron chi connectivity index (χ3n) is 1.48. The van der Waals surface area contributed by atoms with Gasteiger partial charge in [0.15, 0.2) is 15.9 Å². The Bertz CT molecular complexity index is 118. The Balaban J connectivity index is 4.05. The maximum absolute atomic E-state index is 12.7. The summed E-state index contributed by atoms with van der Waals surface area (Å²) in [7, 11) is 0.227. The monoisotopic (exact) mass is 186 g/mol. The van der Waals surface area contributed by atoms with Crippen LogP contribution in [0.3, 0.4) is 0 Å². The predicted molar refractivity (Wildman–Crippen MR) is 40.5 cm³/mol. The molecule has 0 N–H and O–H groups in total. The molecule has 0 fully saturated rings. The molecule has 0 spiro atoms. The normalized spacial score (nSPS) is 16.6. The van der Waals surface area contributed by atoms with Gasteiger partial charge in [-0.05, 0) is 0 Å². The van der Waals surface area contributed by atoms with Gasteiger partial charge >= 0.3 is 0 Å². The van der Waals surface area contributed by atoms with Crippen molar-refractivity contribution < 1.29 is 17.6 Å². The van der Waals surface area contributed by atoms with E-state index in [1.807, 2.05) is 0 Å². The number of hydrogen-bond acceptors (Lipinski definition) is 1. The van der Waals surface area contributed by atoms with Crippen LogP contribution in [0.2, 0.25) is 5.04 Å². The van der Waals surface area contributed by atoms with E-state index in [-0.39, 0.29) is 0 Å². The summed E-state index contributed by atoms with van der Waals surface area (Å²) in [5.41, 5.74) is 0. The molecule has 0 aliphatic rings.